The third kappa shape index (κ3) is 4.65. The van der Waals surface area contributed by atoms with Crippen molar-refractivity contribution in [2.24, 2.45) is 7.05 Å². The van der Waals surface area contributed by atoms with Crippen LogP contribution in [-0.4, -0.2) is 28.3 Å². The second kappa shape index (κ2) is 9.13. The molecular weight excluding hydrogens is 410 g/mol. The summed E-state index contributed by atoms with van der Waals surface area (Å²) in [5.41, 5.74) is 0.171. The van der Waals surface area contributed by atoms with Gasteiger partial charge in [0.1, 0.15) is 11.5 Å². The third-order valence-corrected chi connectivity index (χ3v) is 4.60. The fourth-order valence-corrected chi connectivity index (χ4v) is 3.08. The molecule has 8 nitrogen and oxygen atoms in total. The number of nitrogens with zero attached hydrogens (tertiary/aromatic N) is 2. The number of anilines is 1. The number of esters is 1. The van der Waals surface area contributed by atoms with Gasteiger partial charge in [-0.25, -0.2) is 9.48 Å². The molecule has 0 aliphatic carbocycles. The van der Waals surface area contributed by atoms with E-state index >= 15 is 0 Å². The van der Waals surface area contributed by atoms with Crippen LogP contribution in [0.25, 0.3) is 10.8 Å². The van der Waals surface area contributed by atoms with Crippen LogP contribution in [0.15, 0.2) is 83.7 Å². The van der Waals surface area contributed by atoms with Crippen molar-refractivity contribution in [1.82, 2.24) is 9.78 Å². The summed E-state index contributed by atoms with van der Waals surface area (Å²) in [6, 6.07) is 22.7. The van der Waals surface area contributed by atoms with Gasteiger partial charge in [0.05, 0.1) is 5.39 Å². The number of amides is 1. The van der Waals surface area contributed by atoms with E-state index in [4.69, 9.17) is 9.47 Å². The lowest BCUT2D eigenvalue weighted by Crippen LogP contribution is -2.26. The molecule has 0 aliphatic rings. The highest BCUT2D eigenvalue weighted by Gasteiger charge is 2.18. The Hall–Kier alpha value is -4.46. The summed E-state index contributed by atoms with van der Waals surface area (Å²) in [5, 5.41) is 7.36. The van der Waals surface area contributed by atoms with E-state index in [2.05, 4.69) is 10.4 Å². The highest BCUT2D eigenvalue weighted by molar-refractivity contribution is 6.03. The lowest BCUT2D eigenvalue weighted by molar-refractivity contribution is -0.119. The zero-order valence-corrected chi connectivity index (χ0v) is 17.1. The summed E-state index contributed by atoms with van der Waals surface area (Å²) >= 11 is 0. The Bertz CT molecular complexity index is 1330. The van der Waals surface area contributed by atoms with E-state index in [1.807, 2.05) is 30.3 Å². The highest BCUT2D eigenvalue weighted by Crippen LogP contribution is 2.22. The minimum atomic E-state index is -0.793. The molecule has 32 heavy (non-hydrogen) atoms. The summed E-state index contributed by atoms with van der Waals surface area (Å²) in [5.74, 6) is 0.0202. The van der Waals surface area contributed by atoms with Crippen LogP contribution in [0.1, 0.15) is 10.5 Å². The van der Waals surface area contributed by atoms with Crippen molar-refractivity contribution < 1.29 is 19.1 Å². The standard InChI is InChI=1S/C24H19N3O5/c1-27-23(29)20-10-6-5-9-19(20)22(26-27)24(30)31-15-21(28)25-16-11-13-18(14-12-16)32-17-7-3-2-4-8-17/h2-14H,15H2,1H3,(H,25,28). The molecule has 0 saturated carbocycles. The van der Waals surface area contributed by atoms with Crippen molar-refractivity contribution in [1.29, 1.82) is 0 Å². The van der Waals surface area contributed by atoms with Gasteiger partial charge >= 0.3 is 5.97 Å². The molecule has 3 aromatic carbocycles. The maximum absolute atomic E-state index is 12.5. The molecular formula is C24H19N3O5. The lowest BCUT2D eigenvalue weighted by Gasteiger charge is -2.10. The number of hydrogen-bond acceptors (Lipinski definition) is 6. The minimum Gasteiger partial charge on any atom is -0.457 e. The Balaban J connectivity index is 1.37. The first-order chi connectivity index (χ1) is 15.5. The zero-order valence-electron chi connectivity index (χ0n) is 17.1. The lowest BCUT2D eigenvalue weighted by atomic mass is 10.1. The van der Waals surface area contributed by atoms with Crippen molar-refractivity contribution in [2.45, 2.75) is 0 Å². The molecule has 0 saturated heterocycles. The van der Waals surface area contributed by atoms with Crippen molar-refractivity contribution >= 4 is 28.3 Å². The monoisotopic (exact) mass is 429 g/mol. The van der Waals surface area contributed by atoms with E-state index in [0.29, 0.717) is 28.0 Å². The van der Waals surface area contributed by atoms with Crippen LogP contribution in [0.3, 0.4) is 0 Å². The Kier molecular flexibility index (Phi) is 5.94. The number of ether oxygens (including phenoxy) is 2. The van der Waals surface area contributed by atoms with Gasteiger partial charge in [-0.1, -0.05) is 36.4 Å². The number of rotatable bonds is 6. The van der Waals surface area contributed by atoms with Crippen LogP contribution < -0.4 is 15.6 Å². The molecule has 0 aliphatic heterocycles. The number of carbonyl (C=O) groups is 2. The van der Waals surface area contributed by atoms with Gasteiger partial charge in [-0.05, 0) is 42.5 Å². The van der Waals surface area contributed by atoms with Crippen LogP contribution in [0.4, 0.5) is 5.69 Å². The molecule has 1 aromatic heterocycles. The average molecular weight is 429 g/mol. The summed E-state index contributed by atoms with van der Waals surface area (Å²) < 4.78 is 11.9. The number of carbonyl (C=O) groups excluding carboxylic acids is 2. The van der Waals surface area contributed by atoms with Crippen molar-refractivity contribution in [3.8, 4) is 11.5 Å². The fraction of sp³-hybridized carbons (Fsp3) is 0.0833. The van der Waals surface area contributed by atoms with Gasteiger partial charge < -0.3 is 14.8 Å². The molecule has 0 unspecified atom stereocenters. The SMILES string of the molecule is Cn1nc(C(=O)OCC(=O)Nc2ccc(Oc3ccccc3)cc2)c2ccccc2c1=O. The van der Waals surface area contributed by atoms with Crippen molar-refractivity contribution in [3.05, 3.63) is 94.9 Å². The molecule has 1 N–H and O–H groups in total. The van der Waals surface area contributed by atoms with Crippen LogP contribution in [0.2, 0.25) is 0 Å². The summed E-state index contributed by atoms with van der Waals surface area (Å²) in [4.78, 5) is 36.9. The number of benzene rings is 3. The van der Waals surface area contributed by atoms with E-state index in [-0.39, 0.29) is 11.3 Å². The molecule has 4 aromatic rings. The van der Waals surface area contributed by atoms with E-state index in [1.54, 1.807) is 48.5 Å². The maximum atomic E-state index is 12.5. The normalized spacial score (nSPS) is 10.5. The zero-order chi connectivity index (χ0) is 22.5. The fourth-order valence-electron chi connectivity index (χ4n) is 3.08. The van der Waals surface area contributed by atoms with E-state index in [0.717, 1.165) is 4.68 Å². The molecule has 0 fully saturated rings. The van der Waals surface area contributed by atoms with Crippen LogP contribution in [0.5, 0.6) is 11.5 Å². The number of nitrogens with one attached hydrogen (secondary N) is 1. The van der Waals surface area contributed by atoms with E-state index in [9.17, 15) is 14.4 Å². The topological polar surface area (TPSA) is 99.5 Å². The number of hydrogen-bond donors (Lipinski definition) is 1. The van der Waals surface area contributed by atoms with Gasteiger partial charge in [-0.3, -0.25) is 9.59 Å². The third-order valence-electron chi connectivity index (χ3n) is 4.60. The predicted octanol–water partition coefficient (Wildman–Crippen LogP) is 3.52. The largest absolute Gasteiger partial charge is 0.457 e. The van der Waals surface area contributed by atoms with E-state index < -0.39 is 18.5 Å². The van der Waals surface area contributed by atoms with Crippen molar-refractivity contribution in [2.75, 3.05) is 11.9 Å². The molecule has 8 heteroatoms. The Morgan fingerprint density at radius 3 is 2.22 bits per heavy atom. The van der Waals surface area contributed by atoms with Crippen LogP contribution >= 0.6 is 0 Å². The number of para-hydroxylation sites is 1. The molecule has 0 bridgehead atoms. The smallest absolute Gasteiger partial charge is 0.359 e. The highest BCUT2D eigenvalue weighted by atomic mass is 16.5. The Morgan fingerprint density at radius 2 is 1.50 bits per heavy atom. The summed E-state index contributed by atoms with van der Waals surface area (Å²) in [7, 11) is 1.45. The van der Waals surface area contributed by atoms with Gasteiger partial charge in [0.2, 0.25) is 0 Å². The Morgan fingerprint density at radius 1 is 0.875 bits per heavy atom. The quantitative estimate of drug-likeness (QED) is 0.471. The van der Waals surface area contributed by atoms with Crippen LogP contribution in [0, 0.1) is 0 Å². The van der Waals surface area contributed by atoms with Gasteiger partial charge in [-0.2, -0.15) is 5.10 Å². The molecule has 0 radical (unpaired) electrons. The predicted molar refractivity (Wildman–Crippen MR) is 119 cm³/mol. The number of aryl methyl sites for hydroxylation is 1. The molecule has 1 amide bonds. The molecule has 0 atom stereocenters. The first-order valence-electron chi connectivity index (χ1n) is 9.77. The van der Waals surface area contributed by atoms with Crippen LogP contribution in [-0.2, 0) is 16.6 Å². The maximum Gasteiger partial charge on any atom is 0.359 e. The molecule has 4 rings (SSSR count). The summed E-state index contributed by atoms with van der Waals surface area (Å²) in [6.45, 7) is -0.500. The summed E-state index contributed by atoms with van der Waals surface area (Å²) in [6.07, 6.45) is 0. The van der Waals surface area contributed by atoms with Gasteiger partial charge in [0.25, 0.3) is 11.5 Å². The molecule has 160 valence electrons. The first-order valence-corrected chi connectivity index (χ1v) is 9.77. The second-order valence-electron chi connectivity index (χ2n) is 6.89. The van der Waals surface area contributed by atoms with Gasteiger partial charge in [0, 0.05) is 18.1 Å². The number of fused-ring (bicyclic) bond motifs is 1. The molecule has 1 heterocycles. The first kappa shape index (κ1) is 20.8. The average Bonchev–Trinajstić information content (AvgIpc) is 2.82. The second-order valence-corrected chi connectivity index (χ2v) is 6.89. The Labute approximate surface area is 183 Å². The number of aromatic nitrogens is 2. The minimum absolute atomic E-state index is 0.0297. The van der Waals surface area contributed by atoms with Crippen molar-refractivity contribution in [3.63, 3.8) is 0 Å². The van der Waals surface area contributed by atoms with Gasteiger partial charge in [-0.15, -0.1) is 0 Å². The van der Waals surface area contributed by atoms with Gasteiger partial charge in [0.15, 0.2) is 12.3 Å². The van der Waals surface area contributed by atoms with E-state index in [1.165, 1.54) is 7.05 Å². The molecule has 0 spiro atoms.